The van der Waals surface area contributed by atoms with Gasteiger partial charge in [-0.1, -0.05) is 26.0 Å². The number of amides is 3. The van der Waals surface area contributed by atoms with E-state index in [4.69, 9.17) is 10.5 Å². The van der Waals surface area contributed by atoms with Gasteiger partial charge in [-0.05, 0) is 49.6 Å². The Balaban J connectivity index is 1.57. The molecular formula is C25H30N6O3. The Bertz CT molecular complexity index is 1200. The molecule has 4 N–H and O–H groups in total. The molecule has 0 aliphatic carbocycles. The highest BCUT2D eigenvalue weighted by molar-refractivity contribution is 5.93. The second kappa shape index (κ2) is 9.17. The van der Waals surface area contributed by atoms with E-state index < -0.39 is 18.0 Å². The van der Waals surface area contributed by atoms with Crippen LogP contribution in [-0.2, 0) is 10.2 Å². The fourth-order valence-corrected chi connectivity index (χ4v) is 4.36. The van der Waals surface area contributed by atoms with Crippen LogP contribution in [0.4, 0.5) is 10.7 Å². The summed E-state index contributed by atoms with van der Waals surface area (Å²) in [6, 6.07) is 10.9. The molecule has 178 valence electrons. The number of likely N-dealkylation sites (tertiary alicyclic amines) is 1. The molecular weight excluding hydrogens is 432 g/mol. The maximum Gasteiger partial charge on any atom is 0.324 e. The molecule has 0 bridgehead atoms. The highest BCUT2D eigenvalue weighted by Gasteiger charge is 2.33. The lowest BCUT2D eigenvalue weighted by Gasteiger charge is -2.25. The number of aromatic amines is 1. The minimum absolute atomic E-state index is 0.320. The number of nitrogens with one attached hydrogen (secondary N) is 2. The zero-order valence-electron chi connectivity index (χ0n) is 19.9. The van der Waals surface area contributed by atoms with Crippen LogP contribution in [0.25, 0.3) is 11.3 Å². The van der Waals surface area contributed by atoms with Crippen LogP contribution in [0.2, 0.25) is 0 Å². The van der Waals surface area contributed by atoms with Crippen molar-refractivity contribution >= 4 is 17.9 Å². The molecule has 3 amide bonds. The molecule has 0 radical (unpaired) electrons. The minimum Gasteiger partial charge on any atom is -0.497 e. The molecule has 4 rings (SSSR count). The maximum absolute atomic E-state index is 12.7. The number of rotatable bonds is 6. The highest BCUT2D eigenvalue weighted by Crippen LogP contribution is 2.33. The molecule has 0 unspecified atom stereocenters. The monoisotopic (exact) mass is 462 g/mol. The van der Waals surface area contributed by atoms with Crippen molar-refractivity contribution in [2.45, 2.75) is 45.1 Å². The number of H-pyrrole nitrogens is 1. The van der Waals surface area contributed by atoms with Gasteiger partial charge in [0.1, 0.15) is 11.8 Å². The Morgan fingerprint density at radius 1 is 1.24 bits per heavy atom. The van der Waals surface area contributed by atoms with Crippen molar-refractivity contribution in [3.05, 3.63) is 59.5 Å². The van der Waals surface area contributed by atoms with Gasteiger partial charge in [-0.25, -0.2) is 9.78 Å². The van der Waals surface area contributed by atoms with Gasteiger partial charge in [-0.2, -0.15) is 0 Å². The van der Waals surface area contributed by atoms with E-state index in [1.54, 1.807) is 13.3 Å². The van der Waals surface area contributed by atoms with E-state index in [9.17, 15) is 9.59 Å². The Morgan fingerprint density at radius 2 is 1.97 bits per heavy atom. The molecule has 0 spiro atoms. The average molecular weight is 463 g/mol. The Labute approximate surface area is 198 Å². The van der Waals surface area contributed by atoms with E-state index in [1.807, 2.05) is 43.3 Å². The summed E-state index contributed by atoms with van der Waals surface area (Å²) in [5, 5.41) is 2.77. The third kappa shape index (κ3) is 4.46. The SMILES string of the molecule is COc1ccc(C(C)(C)c2cc(-c3[nH]c(NC(=O)N4CCC[C@H]4C(N)=O)nc3C)ccn2)cc1. The number of pyridine rings is 1. The first-order valence-corrected chi connectivity index (χ1v) is 11.3. The van der Waals surface area contributed by atoms with Gasteiger partial charge >= 0.3 is 6.03 Å². The number of carbonyl (C=O) groups is 2. The third-order valence-corrected chi connectivity index (χ3v) is 6.45. The number of nitrogens with two attached hydrogens (primary N) is 1. The molecule has 0 saturated carbocycles. The number of urea groups is 1. The fourth-order valence-electron chi connectivity index (χ4n) is 4.36. The van der Waals surface area contributed by atoms with Crippen molar-refractivity contribution < 1.29 is 14.3 Å². The van der Waals surface area contributed by atoms with E-state index >= 15 is 0 Å². The summed E-state index contributed by atoms with van der Waals surface area (Å²) in [5.74, 6) is 0.633. The number of nitrogens with zero attached hydrogens (tertiary/aromatic N) is 3. The molecule has 1 aliphatic heterocycles. The quantitative estimate of drug-likeness (QED) is 0.516. The number of benzene rings is 1. The summed E-state index contributed by atoms with van der Waals surface area (Å²) in [6.45, 7) is 6.60. The van der Waals surface area contributed by atoms with Gasteiger partial charge in [0.2, 0.25) is 11.9 Å². The van der Waals surface area contributed by atoms with Crippen LogP contribution in [0, 0.1) is 6.92 Å². The van der Waals surface area contributed by atoms with Crippen LogP contribution < -0.4 is 15.8 Å². The lowest BCUT2D eigenvalue weighted by atomic mass is 9.80. The number of carbonyl (C=O) groups excluding carboxylic acids is 2. The number of aromatic nitrogens is 3. The largest absolute Gasteiger partial charge is 0.497 e. The smallest absolute Gasteiger partial charge is 0.324 e. The highest BCUT2D eigenvalue weighted by atomic mass is 16.5. The number of anilines is 1. The van der Waals surface area contributed by atoms with Crippen LogP contribution in [0.15, 0.2) is 42.6 Å². The first-order chi connectivity index (χ1) is 16.2. The molecule has 3 aromatic rings. The molecule has 1 aromatic carbocycles. The second-order valence-corrected chi connectivity index (χ2v) is 9.01. The first-order valence-electron chi connectivity index (χ1n) is 11.3. The summed E-state index contributed by atoms with van der Waals surface area (Å²) < 4.78 is 5.27. The van der Waals surface area contributed by atoms with Gasteiger partial charge in [0.25, 0.3) is 0 Å². The zero-order valence-corrected chi connectivity index (χ0v) is 19.9. The maximum atomic E-state index is 12.7. The van der Waals surface area contributed by atoms with E-state index in [0.29, 0.717) is 18.9 Å². The van der Waals surface area contributed by atoms with E-state index in [2.05, 4.69) is 34.1 Å². The molecule has 1 aliphatic rings. The van der Waals surface area contributed by atoms with Crippen molar-refractivity contribution in [1.82, 2.24) is 19.9 Å². The summed E-state index contributed by atoms with van der Waals surface area (Å²) in [4.78, 5) is 38.1. The number of aryl methyl sites for hydroxylation is 1. The summed E-state index contributed by atoms with van der Waals surface area (Å²) in [5.41, 5.74) is 9.54. The predicted molar refractivity (Wildman–Crippen MR) is 130 cm³/mol. The molecule has 1 saturated heterocycles. The van der Waals surface area contributed by atoms with Gasteiger partial charge in [0.15, 0.2) is 0 Å². The second-order valence-electron chi connectivity index (χ2n) is 9.01. The standard InChI is InChI=1S/C25H30N6O3/c1-15-21(29-23(28-15)30-24(33)31-13-5-6-19(31)22(26)32)16-11-12-27-20(14-16)25(2,3)17-7-9-18(34-4)10-8-17/h7-12,14,19H,5-6,13H2,1-4H3,(H2,26,32)(H2,28,29,30,33)/t19-/m0/s1. The lowest BCUT2D eigenvalue weighted by molar-refractivity contribution is -0.121. The molecule has 3 heterocycles. The van der Waals surface area contributed by atoms with Crippen LogP contribution >= 0.6 is 0 Å². The van der Waals surface area contributed by atoms with Crippen molar-refractivity contribution in [1.29, 1.82) is 0 Å². The number of imidazole rings is 1. The molecule has 2 aromatic heterocycles. The number of methoxy groups -OCH3 is 1. The van der Waals surface area contributed by atoms with Crippen molar-refractivity contribution in [2.24, 2.45) is 5.73 Å². The summed E-state index contributed by atoms with van der Waals surface area (Å²) in [7, 11) is 1.65. The van der Waals surface area contributed by atoms with Crippen LogP contribution in [0.5, 0.6) is 5.75 Å². The first kappa shape index (κ1) is 23.3. The van der Waals surface area contributed by atoms with Crippen molar-refractivity contribution in [2.75, 3.05) is 19.0 Å². The van der Waals surface area contributed by atoms with Crippen molar-refractivity contribution in [3.63, 3.8) is 0 Å². The van der Waals surface area contributed by atoms with Crippen molar-refractivity contribution in [3.8, 4) is 17.0 Å². The number of primary amides is 1. The van der Waals surface area contributed by atoms with Crippen LogP contribution in [-0.4, -0.2) is 51.5 Å². The van der Waals surface area contributed by atoms with Crippen LogP contribution in [0.1, 0.15) is 43.6 Å². The van der Waals surface area contributed by atoms with E-state index in [-0.39, 0.29) is 5.41 Å². The topological polar surface area (TPSA) is 126 Å². The average Bonchev–Trinajstić information content (AvgIpc) is 3.46. The Hall–Kier alpha value is -3.88. The molecule has 1 fully saturated rings. The van der Waals surface area contributed by atoms with Gasteiger partial charge in [-0.3, -0.25) is 15.1 Å². The Morgan fingerprint density at radius 3 is 2.65 bits per heavy atom. The molecule has 9 nitrogen and oxygen atoms in total. The lowest BCUT2D eigenvalue weighted by Crippen LogP contribution is -2.45. The summed E-state index contributed by atoms with van der Waals surface area (Å²) in [6.07, 6.45) is 3.10. The predicted octanol–water partition coefficient (Wildman–Crippen LogP) is 3.60. The number of hydrogen-bond donors (Lipinski definition) is 3. The zero-order chi connectivity index (χ0) is 24.5. The third-order valence-electron chi connectivity index (χ3n) is 6.45. The van der Waals surface area contributed by atoms with Gasteiger partial charge in [0.05, 0.1) is 24.2 Å². The molecule has 34 heavy (non-hydrogen) atoms. The van der Waals surface area contributed by atoms with Gasteiger partial charge in [0, 0.05) is 23.7 Å². The molecule has 9 heteroatoms. The van der Waals surface area contributed by atoms with Gasteiger partial charge in [-0.15, -0.1) is 0 Å². The summed E-state index contributed by atoms with van der Waals surface area (Å²) >= 11 is 0. The Kier molecular flexibility index (Phi) is 6.28. The number of hydrogen-bond acceptors (Lipinski definition) is 5. The number of ether oxygens (including phenoxy) is 1. The van der Waals surface area contributed by atoms with E-state index in [1.165, 1.54) is 4.90 Å². The fraction of sp³-hybridized carbons (Fsp3) is 0.360. The molecule has 1 atom stereocenters. The normalized spacial score (nSPS) is 15.9. The van der Waals surface area contributed by atoms with E-state index in [0.717, 1.165) is 40.4 Å². The van der Waals surface area contributed by atoms with Crippen LogP contribution in [0.3, 0.4) is 0 Å². The minimum atomic E-state index is -0.585. The van der Waals surface area contributed by atoms with Gasteiger partial charge < -0.3 is 20.4 Å².